The Hall–Kier alpha value is -1.72. The molecular formula is C6H9N3O3. The van der Waals surface area contributed by atoms with Gasteiger partial charge in [-0.3, -0.25) is 9.78 Å². The number of anilines is 1. The largest absolute Gasteiger partial charge is 0.421 e. The lowest BCUT2D eigenvalue weighted by Gasteiger charge is -2.01. The highest BCUT2D eigenvalue weighted by molar-refractivity contribution is 5.31. The van der Waals surface area contributed by atoms with E-state index in [1.54, 1.807) is 0 Å². The summed E-state index contributed by atoms with van der Waals surface area (Å²) in [5, 5.41) is 11.5. The Morgan fingerprint density at radius 1 is 1.67 bits per heavy atom. The highest BCUT2D eigenvalue weighted by atomic mass is 16.5. The molecular weight excluding hydrogens is 162 g/mol. The maximum Gasteiger partial charge on any atom is 0.363 e. The fraction of sp³-hybridized carbons (Fsp3) is 0.333. The van der Waals surface area contributed by atoms with Crippen LogP contribution in [0.3, 0.4) is 0 Å². The highest BCUT2D eigenvalue weighted by Crippen LogP contribution is 1.90. The zero-order valence-corrected chi connectivity index (χ0v) is 6.50. The molecule has 0 fully saturated rings. The summed E-state index contributed by atoms with van der Waals surface area (Å²) in [6.45, 7) is 2.41. The van der Waals surface area contributed by atoms with Crippen molar-refractivity contribution in [1.29, 1.82) is 0 Å². The molecule has 1 heterocycles. The van der Waals surface area contributed by atoms with Crippen LogP contribution < -0.4 is 16.6 Å². The van der Waals surface area contributed by atoms with Crippen LogP contribution in [0.2, 0.25) is 0 Å². The van der Waals surface area contributed by atoms with E-state index in [2.05, 4.69) is 10.3 Å². The minimum atomic E-state index is -0.849. The fourth-order valence-electron chi connectivity index (χ4n) is 0.775. The molecule has 6 nitrogen and oxygen atoms in total. The Bertz CT molecular complexity index is 347. The summed E-state index contributed by atoms with van der Waals surface area (Å²) < 4.78 is 0.0147. The lowest BCUT2D eigenvalue weighted by molar-refractivity contribution is 0.160. The van der Waals surface area contributed by atoms with Gasteiger partial charge in [0.25, 0.3) is 5.56 Å². The first-order valence-corrected chi connectivity index (χ1v) is 3.44. The maximum absolute atomic E-state index is 10.8. The molecule has 12 heavy (non-hydrogen) atoms. The summed E-state index contributed by atoms with van der Waals surface area (Å²) in [5.74, 6) is 0.304. The first-order chi connectivity index (χ1) is 5.65. The number of rotatable bonds is 2. The van der Waals surface area contributed by atoms with Crippen molar-refractivity contribution >= 4 is 5.82 Å². The predicted molar refractivity (Wildman–Crippen MR) is 42.7 cm³/mol. The topological polar surface area (TPSA) is 87.1 Å². The van der Waals surface area contributed by atoms with Gasteiger partial charge in [0.2, 0.25) is 0 Å². The number of nitrogens with zero attached hydrogens (tertiary/aromatic N) is 1. The lowest BCUT2D eigenvalue weighted by Crippen LogP contribution is -2.33. The summed E-state index contributed by atoms with van der Waals surface area (Å²) in [6, 6.07) is 1.10. The molecule has 0 atom stereocenters. The van der Waals surface area contributed by atoms with Crippen LogP contribution in [0.25, 0.3) is 0 Å². The molecule has 0 amide bonds. The van der Waals surface area contributed by atoms with E-state index in [-0.39, 0.29) is 4.73 Å². The molecule has 0 aliphatic rings. The van der Waals surface area contributed by atoms with Crippen molar-refractivity contribution in [3.05, 3.63) is 26.9 Å². The van der Waals surface area contributed by atoms with Crippen molar-refractivity contribution in [2.75, 3.05) is 11.9 Å². The SMILES string of the molecule is CCNc1cc(=O)n(O)c(=O)[nH]1. The molecule has 0 spiro atoms. The second-order valence-corrected chi connectivity index (χ2v) is 2.17. The highest BCUT2D eigenvalue weighted by Gasteiger charge is 1.99. The summed E-state index contributed by atoms with van der Waals surface area (Å²) in [5.41, 5.74) is -1.60. The van der Waals surface area contributed by atoms with Gasteiger partial charge in [-0.2, -0.15) is 0 Å². The smallest absolute Gasteiger partial charge is 0.363 e. The molecule has 0 aliphatic heterocycles. The minimum Gasteiger partial charge on any atom is -0.421 e. The van der Waals surface area contributed by atoms with Gasteiger partial charge in [-0.15, -0.1) is 0 Å². The first kappa shape index (κ1) is 8.38. The Morgan fingerprint density at radius 3 is 2.83 bits per heavy atom. The molecule has 0 bridgehead atoms. The zero-order chi connectivity index (χ0) is 9.14. The monoisotopic (exact) mass is 171 g/mol. The summed E-state index contributed by atoms with van der Waals surface area (Å²) in [6.07, 6.45) is 0. The van der Waals surface area contributed by atoms with Gasteiger partial charge in [0, 0.05) is 12.6 Å². The van der Waals surface area contributed by atoms with Crippen molar-refractivity contribution in [3.8, 4) is 0 Å². The van der Waals surface area contributed by atoms with Gasteiger partial charge in [0.1, 0.15) is 5.82 Å². The molecule has 0 unspecified atom stereocenters. The van der Waals surface area contributed by atoms with Crippen molar-refractivity contribution in [1.82, 2.24) is 9.71 Å². The molecule has 66 valence electrons. The second-order valence-electron chi connectivity index (χ2n) is 2.17. The van der Waals surface area contributed by atoms with E-state index in [1.165, 1.54) is 0 Å². The summed E-state index contributed by atoms with van der Waals surface area (Å²) in [4.78, 5) is 23.8. The normalized spacial score (nSPS) is 9.75. The van der Waals surface area contributed by atoms with Crippen LogP contribution in [0.4, 0.5) is 5.82 Å². The van der Waals surface area contributed by atoms with E-state index in [9.17, 15) is 9.59 Å². The standard InChI is InChI=1S/C6H9N3O3/c1-2-7-4-3-5(10)9(12)6(11)8-4/h3,7,12H,2H2,1H3,(H,8,11). The van der Waals surface area contributed by atoms with E-state index in [0.717, 1.165) is 6.07 Å². The molecule has 0 aliphatic carbocycles. The number of H-pyrrole nitrogens is 1. The van der Waals surface area contributed by atoms with Gasteiger partial charge in [-0.05, 0) is 6.92 Å². The third-order valence-corrected chi connectivity index (χ3v) is 1.28. The third-order valence-electron chi connectivity index (χ3n) is 1.28. The van der Waals surface area contributed by atoms with Gasteiger partial charge in [0.15, 0.2) is 0 Å². The average Bonchev–Trinajstić information content (AvgIpc) is 2.01. The Kier molecular flexibility index (Phi) is 2.18. The van der Waals surface area contributed by atoms with Gasteiger partial charge in [-0.1, -0.05) is 4.73 Å². The van der Waals surface area contributed by atoms with Crippen LogP contribution in [0, 0.1) is 0 Å². The molecule has 0 saturated carbocycles. The van der Waals surface area contributed by atoms with E-state index >= 15 is 0 Å². The van der Waals surface area contributed by atoms with Crippen LogP contribution >= 0.6 is 0 Å². The van der Waals surface area contributed by atoms with Crippen LogP contribution in [0.1, 0.15) is 6.92 Å². The quantitative estimate of drug-likeness (QED) is 0.509. The molecule has 0 aromatic carbocycles. The van der Waals surface area contributed by atoms with Gasteiger partial charge >= 0.3 is 5.69 Å². The molecule has 1 aromatic rings. The molecule has 3 N–H and O–H groups in total. The Labute approximate surface area is 67.4 Å². The fourth-order valence-corrected chi connectivity index (χ4v) is 0.775. The molecule has 1 aromatic heterocycles. The first-order valence-electron chi connectivity index (χ1n) is 3.44. The number of hydrogen-bond donors (Lipinski definition) is 3. The molecule has 0 radical (unpaired) electrons. The van der Waals surface area contributed by atoms with Gasteiger partial charge in [-0.25, -0.2) is 4.79 Å². The second kappa shape index (κ2) is 3.12. The zero-order valence-electron chi connectivity index (χ0n) is 6.50. The lowest BCUT2D eigenvalue weighted by atomic mass is 10.5. The Balaban J connectivity index is 3.22. The van der Waals surface area contributed by atoms with Crippen LogP contribution in [-0.2, 0) is 0 Å². The van der Waals surface area contributed by atoms with Crippen molar-refractivity contribution in [2.24, 2.45) is 0 Å². The Morgan fingerprint density at radius 2 is 2.33 bits per heavy atom. The van der Waals surface area contributed by atoms with E-state index in [1.807, 2.05) is 6.92 Å². The summed E-state index contributed by atoms with van der Waals surface area (Å²) >= 11 is 0. The third kappa shape index (κ3) is 1.47. The van der Waals surface area contributed by atoms with E-state index < -0.39 is 11.2 Å². The van der Waals surface area contributed by atoms with Crippen molar-refractivity contribution in [2.45, 2.75) is 6.92 Å². The van der Waals surface area contributed by atoms with Gasteiger partial charge in [0.05, 0.1) is 0 Å². The van der Waals surface area contributed by atoms with Crippen LogP contribution in [-0.4, -0.2) is 21.5 Å². The number of aromatic nitrogens is 2. The van der Waals surface area contributed by atoms with Crippen molar-refractivity contribution < 1.29 is 5.21 Å². The van der Waals surface area contributed by atoms with Crippen LogP contribution in [0.5, 0.6) is 0 Å². The average molecular weight is 171 g/mol. The minimum absolute atomic E-state index is 0.0147. The summed E-state index contributed by atoms with van der Waals surface area (Å²) in [7, 11) is 0. The predicted octanol–water partition coefficient (Wildman–Crippen LogP) is -0.794. The molecule has 6 heteroatoms. The number of aromatic amines is 1. The molecule has 0 saturated heterocycles. The van der Waals surface area contributed by atoms with E-state index in [0.29, 0.717) is 12.4 Å². The maximum atomic E-state index is 10.8. The molecule has 1 rings (SSSR count). The number of hydrogen-bond acceptors (Lipinski definition) is 4. The van der Waals surface area contributed by atoms with Gasteiger partial charge < -0.3 is 10.5 Å². The van der Waals surface area contributed by atoms with E-state index in [4.69, 9.17) is 5.21 Å². The number of nitrogens with one attached hydrogen (secondary N) is 2. The van der Waals surface area contributed by atoms with Crippen LogP contribution in [0.15, 0.2) is 15.7 Å². The van der Waals surface area contributed by atoms with Crippen molar-refractivity contribution in [3.63, 3.8) is 0 Å².